The Labute approximate surface area is 173 Å². The fraction of sp³-hybridized carbons (Fsp3) is 0.958. The molecule has 0 aromatic rings. The van der Waals surface area contributed by atoms with Gasteiger partial charge in [0, 0.05) is 56.6 Å². The summed E-state index contributed by atoms with van der Waals surface area (Å²) in [5, 5.41) is 0. The van der Waals surface area contributed by atoms with Crippen molar-refractivity contribution in [1.82, 2.24) is 4.90 Å². The lowest BCUT2D eigenvalue weighted by Crippen LogP contribution is -2.70. The van der Waals surface area contributed by atoms with Crippen LogP contribution >= 0.6 is 0 Å². The van der Waals surface area contributed by atoms with Crippen molar-refractivity contribution in [3.8, 4) is 0 Å². The highest BCUT2D eigenvalue weighted by Gasteiger charge is 3.03. The molecule has 8 aliphatic rings. The summed E-state index contributed by atoms with van der Waals surface area (Å²) in [5.41, 5.74) is 0.764. The number of likely N-dealkylation sites (tertiary alicyclic amines) is 1. The quantitative estimate of drug-likeness (QED) is 0.708. The maximum Gasteiger partial charge on any atom is 0.142 e. The van der Waals surface area contributed by atoms with Crippen LogP contribution in [0.2, 0.25) is 0 Å². The number of nitrogens with zero attached hydrogens (tertiary/aromatic N) is 1. The van der Waals surface area contributed by atoms with Crippen molar-refractivity contribution in [2.45, 2.75) is 57.3 Å². The second-order valence-electron chi connectivity index (χ2n) is 11.5. The third kappa shape index (κ3) is 1.41. The summed E-state index contributed by atoms with van der Waals surface area (Å²) < 4.78 is 18.2. The van der Waals surface area contributed by atoms with Crippen LogP contribution in [0.25, 0.3) is 0 Å². The molecule has 1 aliphatic heterocycles. The van der Waals surface area contributed by atoms with Crippen molar-refractivity contribution < 1.29 is 19.0 Å². The first-order valence-corrected chi connectivity index (χ1v) is 11.9. The molecule has 160 valence electrons. The van der Waals surface area contributed by atoms with Gasteiger partial charge in [0.05, 0.1) is 18.8 Å². The predicted molar refractivity (Wildman–Crippen MR) is 106 cm³/mol. The number of fused-ring (bicyclic) bond motifs is 1. The zero-order chi connectivity index (χ0) is 20.0. The van der Waals surface area contributed by atoms with Gasteiger partial charge in [-0.1, -0.05) is 6.92 Å². The number of hydrogen-bond acceptors (Lipinski definition) is 5. The van der Waals surface area contributed by atoms with Crippen LogP contribution in [0, 0.1) is 45.3 Å². The number of carbonyl (C=O) groups excluding carboxylic acids is 1. The molecule has 0 aromatic carbocycles. The molecule has 3 spiro atoms. The van der Waals surface area contributed by atoms with Gasteiger partial charge in [0.1, 0.15) is 5.78 Å². The van der Waals surface area contributed by atoms with Crippen molar-refractivity contribution in [1.29, 1.82) is 0 Å². The third-order valence-electron chi connectivity index (χ3n) is 11.8. The SMILES string of the molecule is CCN1C[C@]2(COC)CC[C@H](OC)[C@@]34[C@@H]2C[C@@H]([C@@H]13)[C@]12C[C@H](OC)[C@H]3C[C@@]14[C@@H]2C3=O. The summed E-state index contributed by atoms with van der Waals surface area (Å²) in [7, 11) is 5.64. The molecule has 5 heteroatoms. The molecule has 8 rings (SSSR count). The molecule has 5 nitrogen and oxygen atoms in total. The standard InChI is InChI=1S/C24H35NO4/c1-5-25-11-21(12-27-2)7-6-17(29-4)24-16(21)8-14(20(24)25)22-10-15(28-3)13-9-23(22,24)19(22)18(13)26/h13-17,19-20H,5-12H2,1-4H3/t13-,14+,15+,16-,17+,19-,20-,21+,22+,23-,24+/m1/s1. The van der Waals surface area contributed by atoms with Crippen molar-refractivity contribution in [2.24, 2.45) is 45.3 Å². The first-order valence-electron chi connectivity index (χ1n) is 11.9. The molecule has 0 radical (unpaired) electrons. The molecule has 0 aromatic heterocycles. The Morgan fingerprint density at radius 3 is 2.69 bits per heavy atom. The molecule has 7 saturated carbocycles. The van der Waals surface area contributed by atoms with Gasteiger partial charge in [-0.2, -0.15) is 0 Å². The van der Waals surface area contributed by atoms with Gasteiger partial charge < -0.3 is 14.2 Å². The highest BCUT2D eigenvalue weighted by atomic mass is 16.5. The summed E-state index contributed by atoms with van der Waals surface area (Å²) >= 11 is 0. The van der Waals surface area contributed by atoms with E-state index in [1.807, 2.05) is 21.3 Å². The van der Waals surface area contributed by atoms with Gasteiger partial charge >= 0.3 is 0 Å². The number of piperidine rings is 1. The number of ketones is 1. The Kier molecular flexibility index (Phi) is 3.19. The average molecular weight is 402 g/mol. The van der Waals surface area contributed by atoms with Crippen LogP contribution in [0.1, 0.15) is 39.0 Å². The molecular formula is C24H35NO4. The van der Waals surface area contributed by atoms with Gasteiger partial charge in [0.15, 0.2) is 0 Å². The van der Waals surface area contributed by atoms with Crippen LogP contribution in [0.3, 0.4) is 0 Å². The Bertz CT molecular complexity index is 802. The minimum Gasteiger partial charge on any atom is -0.384 e. The molecule has 1 saturated heterocycles. The first kappa shape index (κ1) is 18.1. The minimum absolute atomic E-state index is 0.132. The van der Waals surface area contributed by atoms with Gasteiger partial charge in [-0.3, -0.25) is 9.69 Å². The van der Waals surface area contributed by atoms with Crippen LogP contribution in [-0.4, -0.2) is 70.0 Å². The maximum absolute atomic E-state index is 13.6. The summed E-state index contributed by atoms with van der Waals surface area (Å²) in [5.74, 6) is 2.26. The van der Waals surface area contributed by atoms with Crippen LogP contribution in [0.15, 0.2) is 0 Å². The van der Waals surface area contributed by atoms with Crippen molar-refractivity contribution >= 4 is 5.78 Å². The first-order chi connectivity index (χ1) is 14.0. The average Bonchev–Trinajstić information content (AvgIpc) is 3.00. The number of Topliss-reactive ketones (excluding diaryl/α,β-unsaturated/α-hetero) is 1. The lowest BCUT2D eigenvalue weighted by atomic mass is 9.44. The van der Waals surface area contributed by atoms with E-state index in [-0.39, 0.29) is 33.7 Å². The van der Waals surface area contributed by atoms with E-state index in [1.165, 1.54) is 19.4 Å². The molecule has 0 amide bonds. The lowest BCUT2D eigenvalue weighted by molar-refractivity contribution is -0.231. The number of rotatable bonds is 5. The van der Waals surface area contributed by atoms with E-state index in [4.69, 9.17) is 14.2 Å². The summed E-state index contributed by atoms with van der Waals surface area (Å²) in [4.78, 5) is 16.4. The van der Waals surface area contributed by atoms with Crippen molar-refractivity contribution in [3.05, 3.63) is 0 Å². The van der Waals surface area contributed by atoms with Crippen LogP contribution in [-0.2, 0) is 19.0 Å². The van der Waals surface area contributed by atoms with Gasteiger partial charge in [0.25, 0.3) is 0 Å². The van der Waals surface area contributed by atoms with Crippen molar-refractivity contribution in [3.63, 3.8) is 0 Å². The minimum atomic E-state index is 0.132. The van der Waals surface area contributed by atoms with E-state index >= 15 is 0 Å². The molecule has 1 heterocycles. The predicted octanol–water partition coefficient (Wildman–Crippen LogP) is 2.38. The number of carbonyl (C=O) groups is 1. The van der Waals surface area contributed by atoms with E-state index in [9.17, 15) is 4.79 Å². The molecule has 0 N–H and O–H groups in total. The van der Waals surface area contributed by atoms with Crippen LogP contribution in [0.4, 0.5) is 0 Å². The molecule has 7 aliphatic carbocycles. The molecule has 0 unspecified atom stereocenters. The zero-order valence-corrected chi connectivity index (χ0v) is 18.3. The zero-order valence-electron chi connectivity index (χ0n) is 18.3. The summed E-state index contributed by atoms with van der Waals surface area (Å²) in [6, 6.07) is 0.589. The highest BCUT2D eigenvalue weighted by Crippen LogP contribution is 3.01. The Balaban J connectivity index is 1.47. The number of methoxy groups -OCH3 is 3. The second kappa shape index (κ2) is 5.11. The topological polar surface area (TPSA) is 48.0 Å². The van der Waals surface area contributed by atoms with E-state index in [0.717, 1.165) is 32.4 Å². The van der Waals surface area contributed by atoms with Gasteiger partial charge in [0.2, 0.25) is 0 Å². The Hall–Kier alpha value is -0.490. The molecular weight excluding hydrogens is 366 g/mol. The monoisotopic (exact) mass is 401 g/mol. The molecule has 8 fully saturated rings. The Morgan fingerprint density at radius 1 is 1.17 bits per heavy atom. The van der Waals surface area contributed by atoms with Crippen LogP contribution in [0.5, 0.6) is 0 Å². The largest absolute Gasteiger partial charge is 0.384 e. The van der Waals surface area contributed by atoms with Crippen molar-refractivity contribution in [2.75, 3.05) is 41.0 Å². The van der Waals surface area contributed by atoms with Gasteiger partial charge in [-0.25, -0.2) is 0 Å². The summed E-state index contributed by atoms with van der Waals surface area (Å²) in [6.45, 7) is 5.46. The smallest absolute Gasteiger partial charge is 0.142 e. The lowest BCUT2D eigenvalue weighted by Gasteiger charge is -2.66. The van der Waals surface area contributed by atoms with E-state index in [2.05, 4.69) is 11.8 Å². The van der Waals surface area contributed by atoms with Gasteiger partial charge in [-0.05, 0) is 61.3 Å². The van der Waals surface area contributed by atoms with Gasteiger partial charge in [-0.15, -0.1) is 0 Å². The van der Waals surface area contributed by atoms with E-state index < -0.39 is 0 Å². The summed E-state index contributed by atoms with van der Waals surface area (Å²) in [6.07, 6.45) is 6.23. The Morgan fingerprint density at radius 2 is 2.00 bits per heavy atom. The van der Waals surface area contributed by atoms with E-state index in [0.29, 0.717) is 35.7 Å². The number of hydrogen-bond donors (Lipinski definition) is 0. The highest BCUT2D eigenvalue weighted by molar-refractivity contribution is 5.95. The molecule has 11 atom stereocenters. The normalized spacial score (nSPS) is 63.2. The second-order valence-corrected chi connectivity index (χ2v) is 11.5. The van der Waals surface area contributed by atoms with E-state index in [1.54, 1.807) is 0 Å². The molecule has 9 bridgehead atoms. The van der Waals surface area contributed by atoms with Crippen LogP contribution < -0.4 is 0 Å². The number of ether oxygens (including phenoxy) is 3. The fourth-order valence-electron chi connectivity index (χ4n) is 11.8. The fourth-order valence-corrected chi connectivity index (χ4v) is 11.8. The third-order valence-corrected chi connectivity index (χ3v) is 11.8. The maximum atomic E-state index is 13.6. The molecule has 29 heavy (non-hydrogen) atoms.